The van der Waals surface area contributed by atoms with Gasteiger partial charge in [0.05, 0.1) is 34.2 Å². The molecule has 0 N–H and O–H groups in total. The summed E-state index contributed by atoms with van der Waals surface area (Å²) in [7, 11) is 0. The Hall–Kier alpha value is -2.36. The van der Waals surface area contributed by atoms with Crippen LogP contribution in [-0.4, -0.2) is 21.5 Å². The number of hydrogen-bond donors (Lipinski definition) is 0. The van der Waals surface area contributed by atoms with Crippen LogP contribution in [0.1, 0.15) is 17.5 Å². The lowest BCUT2D eigenvalue weighted by molar-refractivity contribution is -0.386. The molecule has 8 nitrogen and oxygen atoms in total. The number of ether oxygens (including phenoxy) is 2. The third-order valence-corrected chi connectivity index (χ3v) is 4.03. The Bertz CT molecular complexity index is 709. The fourth-order valence-corrected chi connectivity index (χ4v) is 2.67. The topological polar surface area (TPSA) is 105 Å². The van der Waals surface area contributed by atoms with E-state index in [0.29, 0.717) is 22.9 Å². The molecule has 0 aliphatic heterocycles. The second-order valence-corrected chi connectivity index (χ2v) is 6.09. The predicted molar refractivity (Wildman–Crippen MR) is 98.0 cm³/mol. The van der Waals surface area contributed by atoms with Crippen molar-refractivity contribution in [3.8, 4) is 0 Å². The highest BCUT2D eigenvalue weighted by Gasteiger charge is 2.18. The molecule has 26 heavy (non-hydrogen) atoms. The number of halogens is 1. The summed E-state index contributed by atoms with van der Waals surface area (Å²) >= 11 is 3.30. The van der Waals surface area contributed by atoms with E-state index in [4.69, 9.17) is 9.47 Å². The van der Waals surface area contributed by atoms with Crippen LogP contribution in [0.15, 0.2) is 48.5 Å². The summed E-state index contributed by atoms with van der Waals surface area (Å²) < 4.78 is 11.3. The molecule has 138 valence electrons. The highest BCUT2D eigenvalue weighted by Crippen LogP contribution is 2.22. The lowest BCUT2D eigenvalue weighted by atomic mass is 10.2. The van der Waals surface area contributed by atoms with Gasteiger partial charge in [0.25, 0.3) is 11.4 Å². The van der Waals surface area contributed by atoms with Crippen molar-refractivity contribution in [3.05, 3.63) is 79.9 Å². The second kappa shape index (κ2) is 9.95. The van der Waals surface area contributed by atoms with Crippen LogP contribution >= 0.6 is 15.9 Å². The van der Waals surface area contributed by atoms with Gasteiger partial charge in [-0.25, -0.2) is 0 Å². The molecule has 0 spiro atoms. The molecule has 0 saturated carbocycles. The minimum atomic E-state index is -0.658. The summed E-state index contributed by atoms with van der Waals surface area (Å²) in [6.07, 6.45) is -0.171. The normalized spacial score (nSPS) is 10.8. The largest absolute Gasteiger partial charge is 0.348 e. The first-order chi connectivity index (χ1) is 12.5. The number of alkyl halides is 1. The van der Waals surface area contributed by atoms with Crippen LogP contribution < -0.4 is 0 Å². The monoisotopic (exact) mass is 424 g/mol. The Morgan fingerprint density at radius 3 is 1.65 bits per heavy atom. The molecular formula is C17H17BrN2O6. The van der Waals surface area contributed by atoms with Crippen LogP contribution in [0, 0.1) is 20.2 Å². The van der Waals surface area contributed by atoms with E-state index in [9.17, 15) is 20.2 Å². The molecule has 2 rings (SSSR count). The molecule has 2 aromatic rings. The van der Waals surface area contributed by atoms with E-state index in [-0.39, 0.29) is 24.6 Å². The van der Waals surface area contributed by atoms with Gasteiger partial charge in [-0.3, -0.25) is 20.2 Å². The van der Waals surface area contributed by atoms with Gasteiger partial charge in [0.1, 0.15) is 0 Å². The molecule has 9 heteroatoms. The zero-order chi connectivity index (χ0) is 18.9. The predicted octanol–water partition coefficient (Wildman–Crippen LogP) is 4.35. The summed E-state index contributed by atoms with van der Waals surface area (Å²) in [5.74, 6) is 0. The number of nitrogens with zero attached hydrogens (tertiary/aromatic N) is 2. The maximum Gasteiger partial charge on any atom is 0.274 e. The molecule has 0 radical (unpaired) electrons. The molecule has 0 amide bonds. The lowest BCUT2D eigenvalue weighted by Crippen LogP contribution is -2.18. The fraction of sp³-hybridized carbons (Fsp3) is 0.294. The van der Waals surface area contributed by atoms with Crippen molar-refractivity contribution >= 4 is 27.3 Å². The minimum absolute atomic E-state index is 0.00566. The van der Waals surface area contributed by atoms with Gasteiger partial charge in [-0.05, 0) is 12.1 Å². The number of nitro groups is 2. The van der Waals surface area contributed by atoms with Gasteiger partial charge in [0.15, 0.2) is 6.29 Å². The van der Waals surface area contributed by atoms with Crippen LogP contribution in [0.25, 0.3) is 0 Å². The van der Waals surface area contributed by atoms with Crippen molar-refractivity contribution in [1.29, 1.82) is 0 Å². The van der Waals surface area contributed by atoms with E-state index in [1.165, 1.54) is 12.1 Å². The van der Waals surface area contributed by atoms with E-state index in [0.717, 1.165) is 0 Å². The molecule has 2 aromatic carbocycles. The summed E-state index contributed by atoms with van der Waals surface area (Å²) in [4.78, 5) is 21.2. The summed E-state index contributed by atoms with van der Waals surface area (Å²) in [6.45, 7) is 0.0113. The number of nitro benzene ring substituents is 2. The highest BCUT2D eigenvalue weighted by molar-refractivity contribution is 9.09. The van der Waals surface area contributed by atoms with Crippen LogP contribution in [0.5, 0.6) is 0 Å². The van der Waals surface area contributed by atoms with Crippen molar-refractivity contribution < 1.29 is 19.3 Å². The highest BCUT2D eigenvalue weighted by atomic mass is 79.9. The Morgan fingerprint density at radius 2 is 1.27 bits per heavy atom. The smallest absolute Gasteiger partial charge is 0.274 e. The van der Waals surface area contributed by atoms with Gasteiger partial charge in [0, 0.05) is 23.9 Å². The van der Waals surface area contributed by atoms with Gasteiger partial charge < -0.3 is 9.47 Å². The SMILES string of the molecule is O=[N+]([O-])c1ccccc1COC(CCBr)OCc1ccccc1[N+](=O)[O-]. The van der Waals surface area contributed by atoms with Crippen LogP contribution in [0.3, 0.4) is 0 Å². The number of rotatable bonds is 10. The molecule has 0 bridgehead atoms. The van der Waals surface area contributed by atoms with Crippen molar-refractivity contribution in [2.24, 2.45) is 0 Å². The maximum absolute atomic E-state index is 11.1. The Balaban J connectivity index is 2.02. The van der Waals surface area contributed by atoms with E-state index in [1.807, 2.05) is 0 Å². The molecule has 0 aliphatic rings. The third-order valence-electron chi connectivity index (χ3n) is 3.57. The van der Waals surface area contributed by atoms with Gasteiger partial charge in [-0.15, -0.1) is 0 Å². The third kappa shape index (κ3) is 5.58. The van der Waals surface area contributed by atoms with Crippen LogP contribution in [0.4, 0.5) is 11.4 Å². The zero-order valence-corrected chi connectivity index (χ0v) is 15.3. The minimum Gasteiger partial charge on any atom is -0.348 e. The molecule has 0 aromatic heterocycles. The van der Waals surface area contributed by atoms with Gasteiger partial charge in [-0.2, -0.15) is 0 Å². The maximum atomic E-state index is 11.1. The Morgan fingerprint density at radius 1 is 0.846 bits per heavy atom. The first kappa shape index (κ1) is 20.0. The zero-order valence-electron chi connectivity index (χ0n) is 13.7. The Labute approximate surface area is 158 Å². The quantitative estimate of drug-likeness (QED) is 0.243. The van der Waals surface area contributed by atoms with Crippen molar-refractivity contribution in [2.45, 2.75) is 25.9 Å². The first-order valence-corrected chi connectivity index (χ1v) is 8.89. The molecule has 0 heterocycles. The fourth-order valence-electron chi connectivity index (χ4n) is 2.29. The van der Waals surface area contributed by atoms with E-state index in [2.05, 4.69) is 15.9 Å². The first-order valence-electron chi connectivity index (χ1n) is 7.76. The van der Waals surface area contributed by atoms with Crippen LogP contribution in [0.2, 0.25) is 0 Å². The number of benzene rings is 2. The van der Waals surface area contributed by atoms with Crippen molar-refractivity contribution in [1.82, 2.24) is 0 Å². The summed E-state index contributed by atoms with van der Waals surface area (Å²) in [6, 6.07) is 12.6. The summed E-state index contributed by atoms with van der Waals surface area (Å²) in [5.41, 5.74) is 0.824. The van der Waals surface area contributed by atoms with Crippen LogP contribution in [-0.2, 0) is 22.7 Å². The van der Waals surface area contributed by atoms with Crippen molar-refractivity contribution in [3.63, 3.8) is 0 Å². The molecule has 0 unspecified atom stereocenters. The van der Waals surface area contributed by atoms with Gasteiger partial charge >= 0.3 is 0 Å². The number of hydrogen-bond acceptors (Lipinski definition) is 6. The molecular weight excluding hydrogens is 408 g/mol. The van der Waals surface area contributed by atoms with E-state index >= 15 is 0 Å². The molecule has 0 atom stereocenters. The molecule has 0 fully saturated rings. The van der Waals surface area contributed by atoms with E-state index in [1.54, 1.807) is 36.4 Å². The van der Waals surface area contributed by atoms with Gasteiger partial charge in [-0.1, -0.05) is 40.2 Å². The molecule has 0 aliphatic carbocycles. The number of para-hydroxylation sites is 2. The average Bonchev–Trinajstić information content (AvgIpc) is 2.64. The Kier molecular flexibility index (Phi) is 7.64. The standard InChI is InChI=1S/C17H17BrN2O6/c18-10-9-17(25-11-13-5-1-3-7-15(13)19(21)22)26-12-14-6-2-4-8-16(14)20(23)24/h1-8,17H,9-12H2. The summed E-state index contributed by atoms with van der Waals surface area (Å²) in [5, 5.41) is 22.7. The average molecular weight is 425 g/mol. The van der Waals surface area contributed by atoms with Crippen molar-refractivity contribution in [2.75, 3.05) is 5.33 Å². The van der Waals surface area contributed by atoms with E-state index < -0.39 is 16.1 Å². The second-order valence-electron chi connectivity index (χ2n) is 5.30. The lowest BCUT2D eigenvalue weighted by Gasteiger charge is -2.18. The van der Waals surface area contributed by atoms with Gasteiger partial charge in [0.2, 0.25) is 0 Å². The molecule has 0 saturated heterocycles.